The minimum atomic E-state index is -0.425. The Balaban J connectivity index is 1.98. The van der Waals surface area contributed by atoms with E-state index >= 15 is 0 Å². The molecule has 1 amide bonds. The molecular weight excluding hydrogens is 327 g/mol. The van der Waals surface area contributed by atoms with E-state index in [2.05, 4.69) is 20.2 Å². The van der Waals surface area contributed by atoms with Crippen molar-refractivity contribution >= 4 is 63.7 Å². The number of nitrogens with one attached hydrogen (secondary N) is 2. The van der Waals surface area contributed by atoms with Crippen LogP contribution in [0.5, 0.6) is 0 Å². The van der Waals surface area contributed by atoms with Gasteiger partial charge in [0, 0.05) is 11.1 Å². The smallest absolute Gasteiger partial charge is 0.278 e. The van der Waals surface area contributed by atoms with Crippen molar-refractivity contribution in [2.75, 3.05) is 5.32 Å². The Bertz CT molecular complexity index is 618. The minimum Gasteiger partial charge on any atom is -0.332 e. The topological polar surface area (TPSA) is 66.9 Å². The first-order valence-corrected chi connectivity index (χ1v) is 6.91. The molecule has 0 aliphatic rings. The lowest BCUT2D eigenvalue weighted by molar-refractivity contribution is 0.0973. The van der Waals surface area contributed by atoms with Gasteiger partial charge in [0.25, 0.3) is 5.91 Å². The summed E-state index contributed by atoms with van der Waals surface area (Å²) in [6, 6.07) is 4.92. The molecule has 0 saturated heterocycles. The Morgan fingerprint density at radius 2 is 2.11 bits per heavy atom. The van der Waals surface area contributed by atoms with Crippen LogP contribution in [0, 0.1) is 0 Å². The Kier molecular flexibility index (Phi) is 4.65. The van der Waals surface area contributed by atoms with Crippen LogP contribution in [0.15, 0.2) is 23.6 Å². The van der Waals surface area contributed by atoms with E-state index in [-0.39, 0.29) is 10.8 Å². The number of carbonyl (C=O) groups is 1. The second kappa shape index (κ2) is 6.25. The number of hydrogen-bond donors (Lipinski definition) is 2. The standard InChI is InChI=1S/C10H6Cl2N4OS2/c11-6-2-1-5(3-7(6)12)13-10(18)14-9(17)8-4-19-16-15-8/h1-4H,(H2,13,14,17,18). The van der Waals surface area contributed by atoms with E-state index in [9.17, 15) is 4.79 Å². The predicted octanol–water partition coefficient (Wildman–Crippen LogP) is 2.97. The summed E-state index contributed by atoms with van der Waals surface area (Å²) >= 11 is 17.7. The molecule has 2 rings (SSSR count). The van der Waals surface area contributed by atoms with Gasteiger partial charge in [0.05, 0.1) is 10.0 Å². The number of rotatable bonds is 2. The SMILES string of the molecule is O=C(NC(=S)Nc1ccc(Cl)c(Cl)c1)c1csnn1. The van der Waals surface area contributed by atoms with E-state index in [1.165, 1.54) is 5.38 Å². The molecule has 0 bridgehead atoms. The first-order chi connectivity index (χ1) is 9.06. The van der Waals surface area contributed by atoms with E-state index in [1.807, 2.05) is 0 Å². The highest BCUT2D eigenvalue weighted by molar-refractivity contribution is 7.80. The normalized spacial score (nSPS) is 10.0. The van der Waals surface area contributed by atoms with Gasteiger partial charge in [-0.2, -0.15) is 0 Å². The Morgan fingerprint density at radius 1 is 1.32 bits per heavy atom. The molecule has 1 aromatic carbocycles. The molecule has 9 heteroatoms. The van der Waals surface area contributed by atoms with Crippen LogP contribution < -0.4 is 10.6 Å². The molecule has 19 heavy (non-hydrogen) atoms. The molecule has 2 N–H and O–H groups in total. The van der Waals surface area contributed by atoms with Gasteiger partial charge >= 0.3 is 0 Å². The highest BCUT2D eigenvalue weighted by atomic mass is 35.5. The van der Waals surface area contributed by atoms with E-state index in [0.29, 0.717) is 15.7 Å². The number of benzene rings is 1. The first kappa shape index (κ1) is 14.1. The van der Waals surface area contributed by atoms with Crippen LogP contribution in [0.2, 0.25) is 10.0 Å². The highest BCUT2D eigenvalue weighted by Gasteiger charge is 2.10. The maximum atomic E-state index is 11.6. The average Bonchev–Trinajstić information content (AvgIpc) is 2.87. The molecule has 0 atom stereocenters. The van der Waals surface area contributed by atoms with Crippen molar-refractivity contribution in [1.82, 2.24) is 14.9 Å². The van der Waals surface area contributed by atoms with Gasteiger partial charge in [-0.15, -0.1) is 5.10 Å². The molecule has 0 aliphatic heterocycles. The summed E-state index contributed by atoms with van der Waals surface area (Å²) in [5, 5.41) is 11.4. The Morgan fingerprint density at radius 3 is 2.74 bits per heavy atom. The lowest BCUT2D eigenvalue weighted by Gasteiger charge is -2.09. The minimum absolute atomic E-state index is 0.136. The molecule has 2 aromatic rings. The third kappa shape index (κ3) is 3.84. The summed E-state index contributed by atoms with van der Waals surface area (Å²) in [4.78, 5) is 11.6. The second-order valence-corrected chi connectivity index (χ2v) is 5.16. The molecule has 0 unspecified atom stereocenters. The lowest BCUT2D eigenvalue weighted by atomic mass is 10.3. The van der Waals surface area contributed by atoms with Crippen molar-refractivity contribution in [3.05, 3.63) is 39.3 Å². The fourth-order valence-corrected chi connectivity index (χ4v) is 2.11. The third-order valence-electron chi connectivity index (χ3n) is 2.00. The van der Waals surface area contributed by atoms with Gasteiger partial charge in [0.1, 0.15) is 0 Å². The van der Waals surface area contributed by atoms with Crippen LogP contribution in [-0.2, 0) is 0 Å². The molecule has 0 spiro atoms. The Labute approximate surface area is 128 Å². The van der Waals surface area contributed by atoms with Crippen molar-refractivity contribution in [3.8, 4) is 0 Å². The maximum Gasteiger partial charge on any atom is 0.278 e. The number of aromatic nitrogens is 2. The van der Waals surface area contributed by atoms with Crippen LogP contribution in [-0.4, -0.2) is 20.6 Å². The fourth-order valence-electron chi connectivity index (χ4n) is 1.17. The van der Waals surface area contributed by atoms with Gasteiger partial charge < -0.3 is 5.32 Å². The summed E-state index contributed by atoms with van der Waals surface area (Å²) in [6.45, 7) is 0. The fraction of sp³-hybridized carbons (Fsp3) is 0. The summed E-state index contributed by atoms with van der Waals surface area (Å²) in [7, 11) is 0. The van der Waals surface area contributed by atoms with E-state index in [0.717, 1.165) is 11.5 Å². The molecule has 0 fully saturated rings. The zero-order valence-corrected chi connectivity index (χ0v) is 12.3. The van der Waals surface area contributed by atoms with Crippen LogP contribution in [0.1, 0.15) is 10.5 Å². The lowest BCUT2D eigenvalue weighted by Crippen LogP contribution is -2.34. The largest absolute Gasteiger partial charge is 0.332 e. The first-order valence-electron chi connectivity index (χ1n) is 4.90. The van der Waals surface area contributed by atoms with Gasteiger partial charge in [-0.25, -0.2) is 0 Å². The van der Waals surface area contributed by atoms with Gasteiger partial charge in [-0.05, 0) is 41.9 Å². The zero-order chi connectivity index (χ0) is 13.8. The summed E-state index contributed by atoms with van der Waals surface area (Å²) in [6.07, 6.45) is 0. The number of amides is 1. The highest BCUT2D eigenvalue weighted by Crippen LogP contribution is 2.24. The summed E-state index contributed by atoms with van der Waals surface area (Å²) in [5.74, 6) is -0.425. The predicted molar refractivity (Wildman–Crippen MR) is 80.1 cm³/mol. The number of carbonyl (C=O) groups excluding carboxylic acids is 1. The molecule has 1 heterocycles. The number of nitrogens with zero attached hydrogens (tertiary/aromatic N) is 2. The van der Waals surface area contributed by atoms with Crippen molar-refractivity contribution in [1.29, 1.82) is 0 Å². The molecule has 1 aromatic heterocycles. The molecule has 0 radical (unpaired) electrons. The van der Waals surface area contributed by atoms with Crippen LogP contribution in [0.25, 0.3) is 0 Å². The molecule has 98 valence electrons. The van der Waals surface area contributed by atoms with Crippen molar-refractivity contribution < 1.29 is 4.79 Å². The van der Waals surface area contributed by atoms with Crippen LogP contribution >= 0.6 is 47.0 Å². The zero-order valence-electron chi connectivity index (χ0n) is 9.18. The van der Waals surface area contributed by atoms with E-state index in [4.69, 9.17) is 35.4 Å². The van der Waals surface area contributed by atoms with Gasteiger partial charge in [0.15, 0.2) is 10.8 Å². The maximum absolute atomic E-state index is 11.6. The average molecular weight is 333 g/mol. The third-order valence-corrected chi connectivity index (χ3v) is 3.44. The molecule has 0 aliphatic carbocycles. The van der Waals surface area contributed by atoms with Gasteiger partial charge in [0.2, 0.25) is 0 Å². The van der Waals surface area contributed by atoms with Crippen molar-refractivity contribution in [3.63, 3.8) is 0 Å². The van der Waals surface area contributed by atoms with Gasteiger partial charge in [-0.1, -0.05) is 27.7 Å². The van der Waals surface area contributed by atoms with Crippen LogP contribution in [0.3, 0.4) is 0 Å². The molecular formula is C10H6Cl2N4OS2. The second-order valence-electron chi connectivity index (χ2n) is 3.33. The van der Waals surface area contributed by atoms with Crippen LogP contribution in [0.4, 0.5) is 5.69 Å². The summed E-state index contributed by atoms with van der Waals surface area (Å²) < 4.78 is 3.59. The summed E-state index contributed by atoms with van der Waals surface area (Å²) in [5.41, 5.74) is 0.833. The van der Waals surface area contributed by atoms with E-state index in [1.54, 1.807) is 18.2 Å². The quantitative estimate of drug-likeness (QED) is 0.827. The number of anilines is 1. The molecule has 5 nitrogen and oxygen atoms in total. The number of thiocarbonyl (C=S) groups is 1. The number of hydrogen-bond acceptors (Lipinski definition) is 5. The van der Waals surface area contributed by atoms with Crippen molar-refractivity contribution in [2.24, 2.45) is 0 Å². The number of halogens is 2. The van der Waals surface area contributed by atoms with Crippen molar-refractivity contribution in [2.45, 2.75) is 0 Å². The Hall–Kier alpha value is -1.28. The molecule has 0 saturated carbocycles. The van der Waals surface area contributed by atoms with E-state index < -0.39 is 5.91 Å². The van der Waals surface area contributed by atoms with Gasteiger partial charge in [-0.3, -0.25) is 10.1 Å². The monoisotopic (exact) mass is 332 g/mol.